The molecule has 2 aliphatic rings. The summed E-state index contributed by atoms with van der Waals surface area (Å²) in [5.41, 5.74) is 0. The number of ether oxygens (including phenoxy) is 1. The molecule has 1 amide bonds. The molecule has 2 fully saturated rings. The first kappa shape index (κ1) is 14.4. The number of hydrogen-bond acceptors (Lipinski definition) is 2. The van der Waals surface area contributed by atoms with Crippen molar-refractivity contribution in [2.75, 3.05) is 6.54 Å². The van der Waals surface area contributed by atoms with Crippen LogP contribution in [0.5, 0.6) is 0 Å². The van der Waals surface area contributed by atoms with Gasteiger partial charge in [-0.1, -0.05) is 39.0 Å². The quantitative estimate of drug-likeness (QED) is 0.686. The van der Waals surface area contributed by atoms with Crippen molar-refractivity contribution in [3.8, 4) is 0 Å². The van der Waals surface area contributed by atoms with Crippen molar-refractivity contribution < 1.29 is 9.53 Å². The Labute approximate surface area is 117 Å². The van der Waals surface area contributed by atoms with Crippen molar-refractivity contribution in [3.05, 3.63) is 11.8 Å². The summed E-state index contributed by atoms with van der Waals surface area (Å²) in [5.74, 6) is 1.50. The van der Waals surface area contributed by atoms with E-state index in [4.69, 9.17) is 4.74 Å². The highest BCUT2D eigenvalue weighted by molar-refractivity contribution is 5.73. The van der Waals surface area contributed by atoms with Crippen molar-refractivity contribution in [2.45, 2.75) is 71.3 Å². The zero-order valence-corrected chi connectivity index (χ0v) is 12.4. The van der Waals surface area contributed by atoms with Gasteiger partial charge in [-0.2, -0.15) is 0 Å². The third-order valence-electron chi connectivity index (χ3n) is 4.45. The lowest BCUT2D eigenvalue weighted by Crippen LogP contribution is -2.39. The summed E-state index contributed by atoms with van der Waals surface area (Å²) >= 11 is 0. The van der Waals surface area contributed by atoms with E-state index in [1.165, 1.54) is 44.9 Å². The van der Waals surface area contributed by atoms with Crippen LogP contribution in [0.1, 0.15) is 65.2 Å². The average molecular weight is 265 g/mol. The minimum Gasteiger partial charge on any atom is -0.413 e. The van der Waals surface area contributed by atoms with Crippen molar-refractivity contribution in [1.29, 1.82) is 0 Å². The fourth-order valence-electron chi connectivity index (χ4n) is 3.42. The Balaban J connectivity index is 2.06. The molecule has 1 atom stereocenters. The van der Waals surface area contributed by atoms with E-state index < -0.39 is 0 Å². The van der Waals surface area contributed by atoms with Crippen LogP contribution >= 0.6 is 0 Å². The number of allylic oxidation sites excluding steroid dienone is 1. The van der Waals surface area contributed by atoms with Crippen LogP contribution in [-0.2, 0) is 4.74 Å². The van der Waals surface area contributed by atoms with Gasteiger partial charge in [-0.25, -0.2) is 4.79 Å². The summed E-state index contributed by atoms with van der Waals surface area (Å²) in [6.45, 7) is 5.03. The lowest BCUT2D eigenvalue weighted by Gasteiger charge is -2.32. The van der Waals surface area contributed by atoms with E-state index in [-0.39, 0.29) is 12.1 Å². The maximum absolute atomic E-state index is 12.1. The fourth-order valence-corrected chi connectivity index (χ4v) is 3.42. The van der Waals surface area contributed by atoms with E-state index in [1.54, 1.807) is 0 Å². The van der Waals surface area contributed by atoms with E-state index in [9.17, 15) is 4.79 Å². The molecule has 0 bridgehead atoms. The fraction of sp³-hybridized carbons (Fsp3) is 0.812. The van der Waals surface area contributed by atoms with Gasteiger partial charge in [0.2, 0.25) is 0 Å². The third kappa shape index (κ3) is 3.31. The highest BCUT2D eigenvalue weighted by atomic mass is 16.6. The predicted molar refractivity (Wildman–Crippen MR) is 76.8 cm³/mol. The Kier molecular flexibility index (Phi) is 5.29. The van der Waals surface area contributed by atoms with E-state index in [2.05, 4.69) is 6.92 Å². The van der Waals surface area contributed by atoms with Crippen LogP contribution in [0.3, 0.4) is 0 Å². The second kappa shape index (κ2) is 6.97. The molecule has 1 aliphatic carbocycles. The van der Waals surface area contributed by atoms with Crippen molar-refractivity contribution >= 4 is 6.09 Å². The molecular weight excluding hydrogens is 238 g/mol. The smallest absolute Gasteiger partial charge is 0.413 e. The lowest BCUT2D eigenvalue weighted by molar-refractivity contribution is 0.153. The summed E-state index contributed by atoms with van der Waals surface area (Å²) in [5, 5.41) is 0. The predicted octanol–water partition coefficient (Wildman–Crippen LogP) is 4.48. The minimum absolute atomic E-state index is 0.125. The molecule has 3 nitrogen and oxygen atoms in total. The molecule has 108 valence electrons. The average Bonchev–Trinajstić information content (AvgIpc) is 2.77. The number of amides is 1. The van der Waals surface area contributed by atoms with Crippen LogP contribution in [0, 0.1) is 5.92 Å². The highest BCUT2D eigenvalue weighted by Gasteiger charge is 2.41. The number of carbonyl (C=O) groups is 1. The number of carbonyl (C=O) groups excluding carboxylic acids is 1. The molecule has 0 spiro atoms. The zero-order valence-electron chi connectivity index (χ0n) is 12.4. The number of nitrogens with zero attached hydrogens (tertiary/aromatic N) is 1. The zero-order chi connectivity index (χ0) is 13.7. The molecular formula is C16H27NO2. The first-order valence-electron chi connectivity index (χ1n) is 7.92. The van der Waals surface area contributed by atoms with E-state index in [0.29, 0.717) is 5.92 Å². The Morgan fingerprint density at radius 3 is 2.63 bits per heavy atom. The molecule has 0 aromatic rings. The molecule has 1 heterocycles. The van der Waals surface area contributed by atoms with Gasteiger partial charge in [0.25, 0.3) is 0 Å². The Hall–Kier alpha value is -0.990. The van der Waals surface area contributed by atoms with Crippen LogP contribution in [-0.4, -0.2) is 23.6 Å². The molecule has 2 rings (SSSR count). The van der Waals surface area contributed by atoms with Gasteiger partial charge in [-0.3, -0.25) is 4.90 Å². The Morgan fingerprint density at radius 1 is 1.26 bits per heavy atom. The van der Waals surface area contributed by atoms with Gasteiger partial charge in [0.1, 0.15) is 5.76 Å². The van der Waals surface area contributed by atoms with Crippen LogP contribution in [0.2, 0.25) is 0 Å². The molecule has 1 aliphatic heterocycles. The molecule has 1 saturated carbocycles. The van der Waals surface area contributed by atoms with Crippen LogP contribution in [0.4, 0.5) is 4.79 Å². The molecule has 1 unspecified atom stereocenters. The molecule has 0 N–H and O–H groups in total. The highest BCUT2D eigenvalue weighted by Crippen LogP contribution is 2.36. The first-order valence-corrected chi connectivity index (χ1v) is 7.92. The standard InChI is InChI=1S/C16H27NO2/c1-3-5-9-12-17-15(13-10-7-6-8-11-13)14(4-2)19-16(17)18/h4,13,15H,3,5-12H2,1-2H3/b14-4-. The molecule has 3 heteroatoms. The van der Waals surface area contributed by atoms with Gasteiger partial charge >= 0.3 is 6.09 Å². The summed E-state index contributed by atoms with van der Waals surface area (Å²) in [6.07, 6.45) is 11.7. The Morgan fingerprint density at radius 2 is 2.00 bits per heavy atom. The third-order valence-corrected chi connectivity index (χ3v) is 4.45. The van der Waals surface area contributed by atoms with Crippen molar-refractivity contribution in [1.82, 2.24) is 4.90 Å². The monoisotopic (exact) mass is 265 g/mol. The first-order chi connectivity index (χ1) is 9.27. The summed E-state index contributed by atoms with van der Waals surface area (Å²) in [7, 11) is 0. The van der Waals surface area contributed by atoms with Gasteiger partial charge in [-0.05, 0) is 38.2 Å². The molecule has 0 aromatic carbocycles. The topological polar surface area (TPSA) is 29.5 Å². The molecule has 1 saturated heterocycles. The van der Waals surface area contributed by atoms with Crippen molar-refractivity contribution in [3.63, 3.8) is 0 Å². The van der Waals surface area contributed by atoms with Gasteiger partial charge in [0.15, 0.2) is 0 Å². The van der Waals surface area contributed by atoms with Crippen LogP contribution in [0.15, 0.2) is 11.8 Å². The summed E-state index contributed by atoms with van der Waals surface area (Å²) in [6, 6.07) is 0.217. The number of rotatable bonds is 5. The normalized spacial score (nSPS) is 27.1. The summed E-state index contributed by atoms with van der Waals surface area (Å²) < 4.78 is 5.47. The van der Waals surface area contributed by atoms with E-state index in [0.717, 1.165) is 18.7 Å². The van der Waals surface area contributed by atoms with Gasteiger partial charge in [-0.15, -0.1) is 0 Å². The van der Waals surface area contributed by atoms with Crippen LogP contribution in [0.25, 0.3) is 0 Å². The Bertz CT molecular complexity index is 332. The van der Waals surface area contributed by atoms with Gasteiger partial charge in [0.05, 0.1) is 6.04 Å². The van der Waals surface area contributed by atoms with E-state index >= 15 is 0 Å². The number of cyclic esters (lactones) is 1. The minimum atomic E-state index is -0.125. The maximum atomic E-state index is 12.1. The maximum Gasteiger partial charge on any atom is 0.415 e. The molecule has 19 heavy (non-hydrogen) atoms. The van der Waals surface area contributed by atoms with Gasteiger partial charge < -0.3 is 4.74 Å². The molecule has 0 radical (unpaired) electrons. The summed E-state index contributed by atoms with van der Waals surface area (Å²) in [4.78, 5) is 14.0. The number of hydrogen-bond donors (Lipinski definition) is 0. The lowest BCUT2D eigenvalue weighted by atomic mass is 9.82. The largest absolute Gasteiger partial charge is 0.415 e. The second-order valence-electron chi connectivity index (χ2n) is 5.80. The van der Waals surface area contributed by atoms with Gasteiger partial charge in [0, 0.05) is 6.54 Å². The second-order valence-corrected chi connectivity index (χ2v) is 5.80. The number of unbranched alkanes of at least 4 members (excludes halogenated alkanes) is 2. The van der Waals surface area contributed by atoms with Crippen LogP contribution < -0.4 is 0 Å². The van der Waals surface area contributed by atoms with E-state index in [1.807, 2.05) is 17.9 Å². The SMILES string of the molecule is C/C=C1\OC(=O)N(CCCCC)C1C1CCCCC1. The molecule has 0 aromatic heterocycles. The van der Waals surface area contributed by atoms with Crippen molar-refractivity contribution in [2.24, 2.45) is 5.92 Å².